The largest absolute Gasteiger partial charge is 0.496 e. The summed E-state index contributed by atoms with van der Waals surface area (Å²) < 4.78 is 5.48. The molecule has 0 saturated heterocycles. The van der Waals surface area contributed by atoms with Gasteiger partial charge in [-0.1, -0.05) is 68.4 Å². The molecule has 0 saturated carbocycles. The van der Waals surface area contributed by atoms with E-state index in [9.17, 15) is 9.59 Å². The van der Waals surface area contributed by atoms with Crippen molar-refractivity contribution in [2.75, 3.05) is 19.0 Å². The summed E-state index contributed by atoms with van der Waals surface area (Å²) in [5.74, 6) is 0.0921. The van der Waals surface area contributed by atoms with Crippen LogP contribution in [0.2, 0.25) is 0 Å². The third-order valence-corrected chi connectivity index (χ3v) is 5.14. The number of rotatable bonds is 6. The number of ether oxygens (including phenoxy) is 1. The van der Waals surface area contributed by atoms with Crippen molar-refractivity contribution in [3.63, 3.8) is 0 Å². The van der Waals surface area contributed by atoms with Crippen LogP contribution in [0.15, 0.2) is 72.4 Å². The van der Waals surface area contributed by atoms with E-state index in [4.69, 9.17) is 4.74 Å². The molecular formula is C25H24N2O3. The van der Waals surface area contributed by atoms with Gasteiger partial charge in [-0.05, 0) is 23.4 Å². The lowest BCUT2D eigenvalue weighted by Gasteiger charge is -2.17. The van der Waals surface area contributed by atoms with Gasteiger partial charge in [0, 0.05) is 23.2 Å². The Morgan fingerprint density at radius 3 is 2.37 bits per heavy atom. The third-order valence-electron chi connectivity index (χ3n) is 5.14. The zero-order chi connectivity index (χ0) is 21.3. The van der Waals surface area contributed by atoms with Gasteiger partial charge in [-0.3, -0.25) is 14.5 Å². The van der Waals surface area contributed by atoms with Crippen LogP contribution >= 0.6 is 0 Å². The maximum Gasteiger partial charge on any atom is 0.278 e. The fourth-order valence-corrected chi connectivity index (χ4v) is 3.79. The number of anilines is 1. The van der Waals surface area contributed by atoms with Gasteiger partial charge in [-0.25, -0.2) is 0 Å². The van der Waals surface area contributed by atoms with Gasteiger partial charge in [-0.2, -0.15) is 0 Å². The van der Waals surface area contributed by atoms with Crippen LogP contribution in [0.1, 0.15) is 19.4 Å². The minimum Gasteiger partial charge on any atom is -0.496 e. The zero-order valence-electron chi connectivity index (χ0n) is 17.3. The van der Waals surface area contributed by atoms with E-state index in [0.717, 1.165) is 16.5 Å². The van der Waals surface area contributed by atoms with Gasteiger partial charge in [0.1, 0.15) is 11.4 Å². The van der Waals surface area contributed by atoms with Crippen molar-refractivity contribution in [3.05, 3.63) is 78.0 Å². The van der Waals surface area contributed by atoms with Crippen molar-refractivity contribution < 1.29 is 14.3 Å². The Morgan fingerprint density at radius 2 is 1.60 bits per heavy atom. The fraction of sp³-hybridized carbons (Fsp3) is 0.200. The summed E-state index contributed by atoms with van der Waals surface area (Å²) in [6, 6.07) is 21.1. The van der Waals surface area contributed by atoms with Gasteiger partial charge in [0.25, 0.3) is 11.8 Å². The molecule has 30 heavy (non-hydrogen) atoms. The zero-order valence-corrected chi connectivity index (χ0v) is 17.3. The second kappa shape index (κ2) is 8.03. The van der Waals surface area contributed by atoms with E-state index in [1.54, 1.807) is 13.2 Å². The molecule has 1 aliphatic rings. The molecule has 5 nitrogen and oxygen atoms in total. The minimum absolute atomic E-state index is 0.161. The molecule has 0 radical (unpaired) electrons. The second-order valence-corrected chi connectivity index (χ2v) is 7.72. The maximum atomic E-state index is 13.3. The molecule has 0 spiro atoms. The molecule has 4 rings (SSSR count). The van der Waals surface area contributed by atoms with E-state index in [1.807, 2.05) is 74.5 Å². The van der Waals surface area contributed by atoms with Crippen LogP contribution in [-0.2, 0) is 9.59 Å². The Labute approximate surface area is 176 Å². The summed E-state index contributed by atoms with van der Waals surface area (Å²) >= 11 is 0. The van der Waals surface area contributed by atoms with Crippen LogP contribution in [0.3, 0.4) is 0 Å². The Bertz CT molecular complexity index is 1160. The highest BCUT2D eigenvalue weighted by Gasteiger charge is 2.40. The summed E-state index contributed by atoms with van der Waals surface area (Å²) in [5.41, 5.74) is 2.00. The molecule has 5 heteroatoms. The van der Waals surface area contributed by atoms with Gasteiger partial charge in [0.05, 0.1) is 12.7 Å². The summed E-state index contributed by atoms with van der Waals surface area (Å²) in [6.45, 7) is 4.33. The van der Waals surface area contributed by atoms with Gasteiger partial charge >= 0.3 is 0 Å². The van der Waals surface area contributed by atoms with Gasteiger partial charge in [-0.15, -0.1) is 0 Å². The number of nitrogens with one attached hydrogen (secondary N) is 1. The Kier molecular flexibility index (Phi) is 5.27. The lowest BCUT2D eigenvalue weighted by atomic mass is 10.0. The van der Waals surface area contributed by atoms with Crippen molar-refractivity contribution in [1.29, 1.82) is 0 Å². The molecule has 1 heterocycles. The smallest absolute Gasteiger partial charge is 0.278 e. The normalized spacial score (nSPS) is 14.2. The lowest BCUT2D eigenvalue weighted by molar-refractivity contribution is -0.137. The summed E-state index contributed by atoms with van der Waals surface area (Å²) in [5, 5.41) is 5.31. The minimum atomic E-state index is -0.317. The molecule has 1 N–H and O–H groups in total. The van der Waals surface area contributed by atoms with Crippen molar-refractivity contribution in [2.45, 2.75) is 13.8 Å². The number of hydrogen-bond donors (Lipinski definition) is 1. The molecule has 1 aliphatic heterocycles. The van der Waals surface area contributed by atoms with Crippen LogP contribution in [0.4, 0.5) is 5.69 Å². The van der Waals surface area contributed by atoms with E-state index in [-0.39, 0.29) is 23.4 Å². The molecule has 3 aromatic rings. The first-order valence-corrected chi connectivity index (χ1v) is 10.00. The van der Waals surface area contributed by atoms with E-state index in [1.165, 1.54) is 4.90 Å². The topological polar surface area (TPSA) is 58.6 Å². The van der Waals surface area contributed by atoms with E-state index in [0.29, 0.717) is 23.4 Å². The molecular weight excluding hydrogens is 376 g/mol. The first-order valence-electron chi connectivity index (χ1n) is 10.00. The van der Waals surface area contributed by atoms with Crippen molar-refractivity contribution >= 4 is 33.8 Å². The standard InChI is InChI=1S/C25H24N2O3/c1-16(2)15-27-24(28)22(19-12-6-7-14-21(19)30-3)23(25(27)29)26-20-13-8-10-17-9-4-5-11-18(17)20/h4-14,16,26H,15H2,1-3H3. The number of fused-ring (bicyclic) bond motifs is 1. The van der Waals surface area contributed by atoms with Gasteiger partial charge in [0.15, 0.2) is 0 Å². The highest BCUT2D eigenvalue weighted by atomic mass is 16.5. The predicted molar refractivity (Wildman–Crippen MR) is 119 cm³/mol. The molecule has 152 valence electrons. The number of hydrogen-bond acceptors (Lipinski definition) is 4. The Hall–Kier alpha value is -3.60. The average molecular weight is 400 g/mol. The lowest BCUT2D eigenvalue weighted by Crippen LogP contribution is -2.35. The van der Waals surface area contributed by atoms with Crippen LogP contribution < -0.4 is 10.1 Å². The molecule has 0 unspecified atom stereocenters. The highest BCUT2D eigenvalue weighted by Crippen LogP contribution is 2.36. The monoisotopic (exact) mass is 400 g/mol. The molecule has 0 aliphatic carbocycles. The summed E-state index contributed by atoms with van der Waals surface area (Å²) in [7, 11) is 1.56. The Morgan fingerprint density at radius 1 is 0.900 bits per heavy atom. The van der Waals surface area contributed by atoms with Crippen LogP contribution in [0.5, 0.6) is 5.75 Å². The van der Waals surface area contributed by atoms with Crippen LogP contribution in [0.25, 0.3) is 16.3 Å². The number of imide groups is 1. The van der Waals surface area contributed by atoms with E-state index in [2.05, 4.69) is 5.32 Å². The quantitative estimate of drug-likeness (QED) is 0.610. The SMILES string of the molecule is COc1ccccc1C1=C(Nc2cccc3ccccc23)C(=O)N(CC(C)C)C1=O. The number of nitrogens with zero attached hydrogens (tertiary/aromatic N) is 1. The second-order valence-electron chi connectivity index (χ2n) is 7.72. The summed E-state index contributed by atoms with van der Waals surface area (Å²) in [4.78, 5) is 28.0. The average Bonchev–Trinajstić information content (AvgIpc) is 2.98. The summed E-state index contributed by atoms with van der Waals surface area (Å²) in [6.07, 6.45) is 0. The fourth-order valence-electron chi connectivity index (χ4n) is 3.79. The molecule has 2 amide bonds. The predicted octanol–water partition coefficient (Wildman–Crippen LogP) is 4.70. The molecule has 0 atom stereocenters. The van der Waals surface area contributed by atoms with Crippen molar-refractivity contribution in [1.82, 2.24) is 4.90 Å². The van der Waals surface area contributed by atoms with Crippen LogP contribution in [-0.4, -0.2) is 30.4 Å². The van der Waals surface area contributed by atoms with E-state index < -0.39 is 0 Å². The number of carbonyl (C=O) groups excluding carboxylic acids is 2. The number of benzene rings is 3. The van der Waals surface area contributed by atoms with Crippen molar-refractivity contribution in [3.8, 4) is 5.75 Å². The van der Waals surface area contributed by atoms with Gasteiger partial charge in [0.2, 0.25) is 0 Å². The molecule has 3 aromatic carbocycles. The number of carbonyl (C=O) groups is 2. The number of amides is 2. The molecule has 0 bridgehead atoms. The van der Waals surface area contributed by atoms with Crippen LogP contribution in [0, 0.1) is 5.92 Å². The molecule has 0 fully saturated rings. The molecule has 0 aromatic heterocycles. The number of para-hydroxylation sites is 1. The highest BCUT2D eigenvalue weighted by molar-refractivity contribution is 6.37. The van der Waals surface area contributed by atoms with E-state index >= 15 is 0 Å². The Balaban J connectivity index is 1.88. The van der Waals surface area contributed by atoms with Gasteiger partial charge < -0.3 is 10.1 Å². The first-order chi connectivity index (χ1) is 14.5. The maximum absolute atomic E-state index is 13.3. The van der Waals surface area contributed by atoms with Crippen molar-refractivity contribution in [2.24, 2.45) is 5.92 Å². The number of methoxy groups -OCH3 is 1. The first kappa shape index (κ1) is 19.7. The third kappa shape index (κ3) is 3.43.